The van der Waals surface area contributed by atoms with Crippen LogP contribution in [0.25, 0.3) is 28.2 Å². The van der Waals surface area contributed by atoms with Crippen LogP contribution in [0.15, 0.2) is 54.6 Å². The molecule has 0 radical (unpaired) electrons. The van der Waals surface area contributed by atoms with Crippen LogP contribution >= 0.6 is 0 Å². The topological polar surface area (TPSA) is 68.0 Å². The molecule has 0 spiro atoms. The molecule has 0 saturated carbocycles. The first-order valence-corrected chi connectivity index (χ1v) is 12.1. The van der Waals surface area contributed by atoms with E-state index in [1.807, 2.05) is 54.1 Å². The number of carbonyl (C=O) groups is 1. The molecule has 178 valence electrons. The van der Waals surface area contributed by atoms with Gasteiger partial charge in [0.05, 0.1) is 28.2 Å². The summed E-state index contributed by atoms with van der Waals surface area (Å²) in [6.45, 7) is 10.8. The standard InChI is InChI=1S/C30H31N3O2/c1-18-24(19(2)33(32-18)22-11-7-6-8-12-22)16-20-15-21(30(3,4)5)17-25-27(29(34)35)23-13-9-10-14-26(23)31-28(20)25/h6-14,16,21H,15,17H2,1-5H3,(H,34,35)/b20-16-. The number of hydrogen-bond donors (Lipinski definition) is 1. The molecule has 0 fully saturated rings. The molecule has 0 amide bonds. The third-order valence-electron chi connectivity index (χ3n) is 7.32. The summed E-state index contributed by atoms with van der Waals surface area (Å²) in [4.78, 5) is 17.5. The molecule has 5 rings (SSSR count). The van der Waals surface area contributed by atoms with E-state index in [0.717, 1.165) is 51.4 Å². The summed E-state index contributed by atoms with van der Waals surface area (Å²) in [5.74, 6) is -0.592. The molecule has 35 heavy (non-hydrogen) atoms. The molecule has 0 aliphatic heterocycles. The maximum Gasteiger partial charge on any atom is 0.336 e. The van der Waals surface area contributed by atoms with Gasteiger partial charge in [-0.25, -0.2) is 14.5 Å². The van der Waals surface area contributed by atoms with Gasteiger partial charge in [0, 0.05) is 16.6 Å². The van der Waals surface area contributed by atoms with E-state index >= 15 is 0 Å². The number of rotatable bonds is 3. The third-order valence-corrected chi connectivity index (χ3v) is 7.32. The summed E-state index contributed by atoms with van der Waals surface area (Å²) in [5.41, 5.74) is 7.96. The number of aromatic nitrogens is 3. The van der Waals surface area contributed by atoms with Gasteiger partial charge in [-0.1, -0.05) is 57.2 Å². The number of carboxylic acids is 1. The van der Waals surface area contributed by atoms with Gasteiger partial charge in [-0.15, -0.1) is 0 Å². The van der Waals surface area contributed by atoms with Crippen LogP contribution in [0, 0.1) is 25.2 Å². The van der Waals surface area contributed by atoms with E-state index in [0.29, 0.717) is 23.3 Å². The lowest BCUT2D eigenvalue weighted by molar-refractivity contribution is 0.0696. The van der Waals surface area contributed by atoms with Crippen LogP contribution in [-0.4, -0.2) is 25.8 Å². The molecule has 5 nitrogen and oxygen atoms in total. The maximum atomic E-state index is 12.5. The fraction of sp³-hybridized carbons (Fsp3) is 0.300. The number of para-hydroxylation sites is 2. The highest BCUT2D eigenvalue weighted by atomic mass is 16.4. The van der Waals surface area contributed by atoms with Crippen LogP contribution in [0.5, 0.6) is 0 Å². The molecule has 2 aromatic carbocycles. The first kappa shape index (κ1) is 23.0. The zero-order chi connectivity index (χ0) is 24.9. The molecule has 0 saturated heterocycles. The Morgan fingerprint density at radius 3 is 2.40 bits per heavy atom. The Morgan fingerprint density at radius 2 is 1.71 bits per heavy atom. The van der Waals surface area contributed by atoms with Crippen LogP contribution < -0.4 is 0 Å². The van der Waals surface area contributed by atoms with Crippen LogP contribution in [-0.2, 0) is 6.42 Å². The molecule has 5 heteroatoms. The highest BCUT2D eigenvalue weighted by molar-refractivity contribution is 6.06. The number of nitrogens with zero attached hydrogens (tertiary/aromatic N) is 3. The molecule has 0 bridgehead atoms. The van der Waals surface area contributed by atoms with Gasteiger partial charge < -0.3 is 5.11 Å². The molecular weight excluding hydrogens is 434 g/mol. The van der Waals surface area contributed by atoms with Gasteiger partial charge in [-0.2, -0.15) is 5.10 Å². The smallest absolute Gasteiger partial charge is 0.336 e. The monoisotopic (exact) mass is 465 g/mol. The van der Waals surface area contributed by atoms with Gasteiger partial charge in [0.15, 0.2) is 0 Å². The van der Waals surface area contributed by atoms with Crippen LogP contribution in [0.3, 0.4) is 0 Å². The second kappa shape index (κ2) is 8.49. The van der Waals surface area contributed by atoms with Gasteiger partial charge in [0.2, 0.25) is 0 Å². The van der Waals surface area contributed by atoms with E-state index in [4.69, 9.17) is 10.1 Å². The fourth-order valence-electron chi connectivity index (χ4n) is 5.24. The number of carboxylic acid groups (broad SMARTS) is 1. The summed E-state index contributed by atoms with van der Waals surface area (Å²) in [7, 11) is 0. The molecular formula is C30H31N3O2. The fourth-order valence-corrected chi connectivity index (χ4v) is 5.24. The molecule has 1 N–H and O–H groups in total. The molecule has 2 aromatic heterocycles. The van der Waals surface area contributed by atoms with Gasteiger partial charge in [0.25, 0.3) is 0 Å². The third kappa shape index (κ3) is 4.05. The molecule has 4 aromatic rings. The summed E-state index contributed by atoms with van der Waals surface area (Å²) < 4.78 is 1.98. The van der Waals surface area contributed by atoms with E-state index in [2.05, 4.69) is 45.9 Å². The van der Waals surface area contributed by atoms with Crippen molar-refractivity contribution in [1.82, 2.24) is 14.8 Å². The first-order valence-electron chi connectivity index (χ1n) is 12.1. The number of hydrogen-bond acceptors (Lipinski definition) is 3. The van der Waals surface area contributed by atoms with Crippen LogP contribution in [0.2, 0.25) is 0 Å². The number of allylic oxidation sites excluding steroid dienone is 1. The number of benzene rings is 2. The lowest BCUT2D eigenvalue weighted by Crippen LogP contribution is -2.28. The minimum atomic E-state index is -0.891. The predicted octanol–water partition coefficient (Wildman–Crippen LogP) is 6.88. The van der Waals surface area contributed by atoms with Crippen molar-refractivity contribution >= 4 is 28.5 Å². The summed E-state index contributed by atoms with van der Waals surface area (Å²) in [5, 5.41) is 15.8. The first-order chi connectivity index (χ1) is 16.6. The molecule has 1 atom stereocenters. The number of pyridine rings is 1. The van der Waals surface area contributed by atoms with Crippen molar-refractivity contribution in [3.8, 4) is 5.69 Å². The van der Waals surface area contributed by atoms with E-state index < -0.39 is 5.97 Å². The molecule has 1 aliphatic carbocycles. The number of aromatic carboxylic acids is 1. The van der Waals surface area contributed by atoms with Gasteiger partial charge >= 0.3 is 5.97 Å². The zero-order valence-electron chi connectivity index (χ0n) is 21.0. The average Bonchev–Trinajstić information content (AvgIpc) is 3.10. The Bertz CT molecular complexity index is 1470. The molecule has 2 heterocycles. The largest absolute Gasteiger partial charge is 0.478 e. The van der Waals surface area contributed by atoms with Crippen molar-refractivity contribution in [2.45, 2.75) is 47.5 Å². The quantitative estimate of drug-likeness (QED) is 0.358. The SMILES string of the molecule is Cc1nn(-c2ccccc2)c(C)c1/C=C1/CC(C(C)(C)C)Cc2c1nc1ccccc1c2C(=O)O. The van der Waals surface area contributed by atoms with E-state index in [-0.39, 0.29) is 5.41 Å². The van der Waals surface area contributed by atoms with E-state index in [1.54, 1.807) is 0 Å². The van der Waals surface area contributed by atoms with Gasteiger partial charge in [-0.05, 0) is 73.4 Å². The second-order valence-corrected chi connectivity index (χ2v) is 10.6. The summed E-state index contributed by atoms with van der Waals surface area (Å²) >= 11 is 0. The van der Waals surface area contributed by atoms with Crippen molar-refractivity contribution in [3.05, 3.63) is 88.4 Å². The number of aryl methyl sites for hydroxylation is 1. The molecule has 1 unspecified atom stereocenters. The normalized spacial score (nSPS) is 17.1. The number of fused-ring (bicyclic) bond motifs is 2. The van der Waals surface area contributed by atoms with E-state index in [1.165, 1.54) is 0 Å². The van der Waals surface area contributed by atoms with Crippen LogP contribution in [0.1, 0.15) is 65.8 Å². The Kier molecular flexibility index (Phi) is 5.59. The van der Waals surface area contributed by atoms with Gasteiger partial charge in [-0.3, -0.25) is 0 Å². The van der Waals surface area contributed by atoms with Crippen molar-refractivity contribution in [1.29, 1.82) is 0 Å². The lowest BCUT2D eigenvalue weighted by Gasteiger charge is -2.36. The Labute approximate surface area is 206 Å². The Balaban J connectivity index is 1.75. The minimum absolute atomic E-state index is 0.0243. The van der Waals surface area contributed by atoms with Crippen LogP contribution in [0.4, 0.5) is 0 Å². The van der Waals surface area contributed by atoms with Crippen molar-refractivity contribution in [2.75, 3.05) is 0 Å². The highest BCUT2D eigenvalue weighted by Gasteiger charge is 2.35. The highest BCUT2D eigenvalue weighted by Crippen LogP contribution is 2.45. The summed E-state index contributed by atoms with van der Waals surface area (Å²) in [6.07, 6.45) is 3.74. The Hall–Kier alpha value is -3.73. The minimum Gasteiger partial charge on any atom is -0.478 e. The maximum absolute atomic E-state index is 12.5. The van der Waals surface area contributed by atoms with E-state index in [9.17, 15) is 9.90 Å². The lowest BCUT2D eigenvalue weighted by atomic mass is 9.69. The zero-order valence-corrected chi connectivity index (χ0v) is 21.0. The van der Waals surface area contributed by atoms with Crippen molar-refractivity contribution in [2.24, 2.45) is 11.3 Å². The average molecular weight is 466 g/mol. The summed E-state index contributed by atoms with van der Waals surface area (Å²) in [6, 6.07) is 17.7. The second-order valence-electron chi connectivity index (χ2n) is 10.6. The van der Waals surface area contributed by atoms with Crippen molar-refractivity contribution < 1.29 is 9.90 Å². The van der Waals surface area contributed by atoms with Crippen molar-refractivity contribution in [3.63, 3.8) is 0 Å². The molecule has 1 aliphatic rings. The Morgan fingerprint density at radius 1 is 1.03 bits per heavy atom. The predicted molar refractivity (Wildman–Crippen MR) is 141 cm³/mol. The van der Waals surface area contributed by atoms with Gasteiger partial charge in [0.1, 0.15) is 0 Å².